The summed E-state index contributed by atoms with van der Waals surface area (Å²) in [5.74, 6) is 0.303. The van der Waals surface area contributed by atoms with Gasteiger partial charge in [-0.2, -0.15) is 0 Å². The molecular formula is C28H24O. The number of phenolic OH excluding ortho intramolecular Hbond substituents is 1. The van der Waals surface area contributed by atoms with Crippen molar-refractivity contribution in [3.05, 3.63) is 124 Å². The highest BCUT2D eigenvalue weighted by Gasteiger charge is 2.46. The Morgan fingerprint density at radius 2 is 0.966 bits per heavy atom. The van der Waals surface area contributed by atoms with Crippen molar-refractivity contribution < 1.29 is 5.11 Å². The van der Waals surface area contributed by atoms with Crippen LogP contribution in [-0.2, 0) is 5.41 Å². The molecule has 0 aliphatic heterocycles. The van der Waals surface area contributed by atoms with Gasteiger partial charge in [-0.05, 0) is 66.3 Å². The van der Waals surface area contributed by atoms with Gasteiger partial charge in [0, 0.05) is 0 Å². The summed E-state index contributed by atoms with van der Waals surface area (Å²) in [5.41, 5.74) is 10.6. The van der Waals surface area contributed by atoms with Gasteiger partial charge in [0.05, 0.1) is 5.41 Å². The first kappa shape index (κ1) is 17.8. The fourth-order valence-electron chi connectivity index (χ4n) is 4.82. The standard InChI is InChI=1S/C28H24O/c1-18-4-9-21(10-5-18)28(22-11-6-19(2)7-12-22)26-16-20(3)8-14-24(26)25-15-13-23(29)17-27(25)28/h4-17,29H,1-3H3. The zero-order valence-electron chi connectivity index (χ0n) is 17.0. The summed E-state index contributed by atoms with van der Waals surface area (Å²) in [6.07, 6.45) is 0. The first-order chi connectivity index (χ1) is 14.0. The van der Waals surface area contributed by atoms with Gasteiger partial charge in [-0.15, -0.1) is 0 Å². The molecular weight excluding hydrogens is 352 g/mol. The van der Waals surface area contributed by atoms with Crippen molar-refractivity contribution in [1.29, 1.82) is 0 Å². The van der Waals surface area contributed by atoms with Gasteiger partial charge in [0.25, 0.3) is 0 Å². The number of fused-ring (bicyclic) bond motifs is 3. The van der Waals surface area contributed by atoms with Crippen molar-refractivity contribution in [2.24, 2.45) is 0 Å². The van der Waals surface area contributed by atoms with Gasteiger partial charge < -0.3 is 5.11 Å². The first-order valence-corrected chi connectivity index (χ1v) is 10.1. The van der Waals surface area contributed by atoms with Crippen LogP contribution in [0.4, 0.5) is 0 Å². The Balaban J connectivity index is 1.97. The average molecular weight is 376 g/mol. The second-order valence-electron chi connectivity index (χ2n) is 8.26. The van der Waals surface area contributed by atoms with Crippen LogP contribution in [-0.4, -0.2) is 5.11 Å². The number of rotatable bonds is 2. The van der Waals surface area contributed by atoms with E-state index in [9.17, 15) is 5.11 Å². The molecule has 5 rings (SSSR count). The molecule has 0 amide bonds. The van der Waals surface area contributed by atoms with Gasteiger partial charge in [0.15, 0.2) is 0 Å². The molecule has 142 valence electrons. The molecule has 0 bridgehead atoms. The summed E-state index contributed by atoms with van der Waals surface area (Å²) in [5, 5.41) is 10.4. The highest BCUT2D eigenvalue weighted by molar-refractivity contribution is 5.87. The fourth-order valence-corrected chi connectivity index (χ4v) is 4.82. The maximum atomic E-state index is 10.4. The van der Waals surface area contributed by atoms with E-state index in [4.69, 9.17) is 0 Å². The lowest BCUT2D eigenvalue weighted by atomic mass is 9.67. The molecule has 0 saturated carbocycles. The van der Waals surface area contributed by atoms with Crippen LogP contribution in [0, 0.1) is 20.8 Å². The van der Waals surface area contributed by atoms with Gasteiger partial charge in [-0.1, -0.05) is 89.5 Å². The van der Waals surface area contributed by atoms with Gasteiger partial charge in [-0.3, -0.25) is 0 Å². The number of hydrogen-bond acceptors (Lipinski definition) is 1. The second-order valence-corrected chi connectivity index (χ2v) is 8.26. The van der Waals surface area contributed by atoms with Gasteiger partial charge in [0.1, 0.15) is 5.75 Å². The molecule has 29 heavy (non-hydrogen) atoms. The van der Waals surface area contributed by atoms with Crippen LogP contribution in [0.25, 0.3) is 11.1 Å². The fraction of sp³-hybridized carbons (Fsp3) is 0.143. The van der Waals surface area contributed by atoms with Crippen LogP contribution >= 0.6 is 0 Å². The third-order valence-electron chi connectivity index (χ3n) is 6.25. The number of hydrogen-bond donors (Lipinski definition) is 1. The molecule has 0 fully saturated rings. The minimum atomic E-state index is -0.448. The first-order valence-electron chi connectivity index (χ1n) is 10.1. The maximum absolute atomic E-state index is 10.4. The van der Waals surface area contributed by atoms with Crippen LogP contribution in [0.2, 0.25) is 0 Å². The Kier molecular flexibility index (Phi) is 3.89. The minimum absolute atomic E-state index is 0.303. The van der Waals surface area contributed by atoms with Crippen LogP contribution in [0.5, 0.6) is 5.75 Å². The zero-order chi connectivity index (χ0) is 20.2. The Labute approximate surface area is 172 Å². The highest BCUT2D eigenvalue weighted by Crippen LogP contribution is 2.56. The SMILES string of the molecule is Cc1ccc(C2(c3ccc(C)cc3)c3cc(C)ccc3-c3ccc(O)cc32)cc1. The summed E-state index contributed by atoms with van der Waals surface area (Å²) in [6, 6.07) is 30.2. The van der Waals surface area contributed by atoms with E-state index in [1.54, 1.807) is 6.07 Å². The van der Waals surface area contributed by atoms with E-state index < -0.39 is 5.41 Å². The Hall–Kier alpha value is -3.32. The molecule has 0 heterocycles. The molecule has 0 atom stereocenters. The van der Waals surface area contributed by atoms with Crippen molar-refractivity contribution in [3.63, 3.8) is 0 Å². The average Bonchev–Trinajstić information content (AvgIpc) is 2.99. The smallest absolute Gasteiger partial charge is 0.115 e. The lowest BCUT2D eigenvalue weighted by Crippen LogP contribution is -2.28. The van der Waals surface area contributed by atoms with E-state index >= 15 is 0 Å². The van der Waals surface area contributed by atoms with Gasteiger partial charge in [0.2, 0.25) is 0 Å². The molecule has 1 aliphatic carbocycles. The summed E-state index contributed by atoms with van der Waals surface area (Å²) in [4.78, 5) is 0. The van der Waals surface area contributed by atoms with Crippen molar-refractivity contribution in [1.82, 2.24) is 0 Å². The molecule has 1 N–H and O–H groups in total. The third-order valence-corrected chi connectivity index (χ3v) is 6.25. The van der Waals surface area contributed by atoms with Crippen LogP contribution in [0.1, 0.15) is 38.9 Å². The number of aromatic hydroxyl groups is 1. The van der Waals surface area contributed by atoms with Gasteiger partial charge >= 0.3 is 0 Å². The monoisotopic (exact) mass is 376 g/mol. The quantitative estimate of drug-likeness (QED) is 0.364. The molecule has 4 aromatic rings. The molecule has 1 aliphatic rings. The number of aryl methyl sites for hydroxylation is 3. The van der Waals surface area contributed by atoms with E-state index in [0.717, 1.165) is 5.56 Å². The lowest BCUT2D eigenvalue weighted by molar-refractivity contribution is 0.474. The predicted octanol–water partition coefficient (Wildman–Crippen LogP) is 6.68. The third kappa shape index (κ3) is 2.54. The molecule has 0 aromatic heterocycles. The Morgan fingerprint density at radius 3 is 1.52 bits per heavy atom. The Bertz CT molecular complexity index is 1120. The van der Waals surface area contributed by atoms with E-state index in [-0.39, 0.29) is 0 Å². The van der Waals surface area contributed by atoms with E-state index in [1.165, 1.54) is 44.5 Å². The molecule has 1 heteroatoms. The molecule has 4 aromatic carbocycles. The van der Waals surface area contributed by atoms with Crippen LogP contribution < -0.4 is 0 Å². The topological polar surface area (TPSA) is 20.2 Å². The van der Waals surface area contributed by atoms with E-state index in [1.807, 2.05) is 6.07 Å². The van der Waals surface area contributed by atoms with E-state index in [2.05, 4.69) is 93.6 Å². The Morgan fingerprint density at radius 1 is 0.517 bits per heavy atom. The van der Waals surface area contributed by atoms with Crippen molar-refractivity contribution >= 4 is 0 Å². The summed E-state index contributed by atoms with van der Waals surface area (Å²) >= 11 is 0. The highest BCUT2D eigenvalue weighted by atomic mass is 16.3. The van der Waals surface area contributed by atoms with E-state index in [0.29, 0.717) is 5.75 Å². The van der Waals surface area contributed by atoms with Crippen molar-refractivity contribution in [2.75, 3.05) is 0 Å². The molecule has 1 nitrogen and oxygen atoms in total. The summed E-state index contributed by atoms with van der Waals surface area (Å²) < 4.78 is 0. The number of phenols is 1. The van der Waals surface area contributed by atoms with Gasteiger partial charge in [-0.25, -0.2) is 0 Å². The zero-order valence-corrected chi connectivity index (χ0v) is 17.0. The minimum Gasteiger partial charge on any atom is -0.508 e. The normalized spacial score (nSPS) is 13.8. The lowest BCUT2D eigenvalue weighted by Gasteiger charge is -2.34. The molecule has 0 unspecified atom stereocenters. The summed E-state index contributed by atoms with van der Waals surface area (Å²) in [6.45, 7) is 6.39. The largest absolute Gasteiger partial charge is 0.508 e. The maximum Gasteiger partial charge on any atom is 0.115 e. The predicted molar refractivity (Wildman–Crippen MR) is 120 cm³/mol. The van der Waals surface area contributed by atoms with Crippen molar-refractivity contribution in [2.45, 2.75) is 26.2 Å². The number of benzene rings is 4. The second kappa shape index (κ2) is 6.35. The van der Waals surface area contributed by atoms with Crippen LogP contribution in [0.3, 0.4) is 0 Å². The molecule has 0 spiro atoms. The molecule has 0 saturated heterocycles. The molecule has 0 radical (unpaired) electrons. The van der Waals surface area contributed by atoms with Crippen molar-refractivity contribution in [3.8, 4) is 16.9 Å². The summed E-state index contributed by atoms with van der Waals surface area (Å²) in [7, 11) is 0. The van der Waals surface area contributed by atoms with Crippen LogP contribution in [0.15, 0.2) is 84.9 Å².